The van der Waals surface area contributed by atoms with E-state index in [0.29, 0.717) is 32.8 Å². The van der Waals surface area contributed by atoms with Crippen LogP contribution in [0.2, 0.25) is 0 Å². The Bertz CT molecular complexity index is 1300. The molecule has 2 aromatic heterocycles. The Kier molecular flexibility index (Phi) is 6.28. The molecule has 1 amide bonds. The third-order valence-corrected chi connectivity index (χ3v) is 7.40. The highest BCUT2D eigenvalue weighted by atomic mass is 32.2. The normalized spacial score (nSPS) is 18.0. The fourth-order valence-electron chi connectivity index (χ4n) is 4.27. The number of thioether (sulfide) groups is 1. The second-order valence-electron chi connectivity index (χ2n) is 8.20. The lowest BCUT2D eigenvalue weighted by Crippen LogP contribution is -2.33. The van der Waals surface area contributed by atoms with Crippen molar-refractivity contribution < 1.29 is 4.79 Å². The Balaban J connectivity index is 1.50. The third-order valence-electron chi connectivity index (χ3n) is 6.02. The molecule has 1 aromatic carbocycles. The van der Waals surface area contributed by atoms with Crippen molar-refractivity contribution in [3.8, 4) is 0 Å². The Morgan fingerprint density at radius 2 is 1.76 bits per heavy atom. The molecule has 5 rings (SSSR count). The standard InChI is InChI=1S/C25H24N4O2S2/c30-23-19(22(27-13-6-2-7-14-27)26-21-11-5-8-15-28(21)23)17-20-24(31)29(25(32)33-20)16-12-18-9-3-1-4-10-18/h1,3-5,8-11,15,17H,2,6-7,12-14,16H2/b20-17+. The van der Waals surface area contributed by atoms with Crippen LogP contribution in [0.4, 0.5) is 5.82 Å². The summed E-state index contributed by atoms with van der Waals surface area (Å²) in [6.07, 6.45) is 7.44. The van der Waals surface area contributed by atoms with Crippen molar-refractivity contribution in [2.24, 2.45) is 0 Å². The van der Waals surface area contributed by atoms with E-state index in [0.717, 1.165) is 37.9 Å². The molecule has 0 saturated carbocycles. The Morgan fingerprint density at radius 1 is 1.00 bits per heavy atom. The molecule has 33 heavy (non-hydrogen) atoms. The molecule has 0 atom stereocenters. The average molecular weight is 477 g/mol. The smallest absolute Gasteiger partial charge is 0.267 e. The molecule has 0 radical (unpaired) electrons. The number of rotatable bonds is 5. The lowest BCUT2D eigenvalue weighted by Gasteiger charge is -2.29. The van der Waals surface area contributed by atoms with Crippen LogP contribution in [0.3, 0.4) is 0 Å². The third kappa shape index (κ3) is 4.45. The molecule has 2 saturated heterocycles. The van der Waals surface area contributed by atoms with Crippen molar-refractivity contribution in [3.63, 3.8) is 0 Å². The molecule has 2 aliphatic heterocycles. The highest BCUT2D eigenvalue weighted by Crippen LogP contribution is 2.34. The quantitative estimate of drug-likeness (QED) is 0.408. The van der Waals surface area contributed by atoms with Gasteiger partial charge in [-0.2, -0.15) is 0 Å². The molecule has 0 unspecified atom stereocenters. The van der Waals surface area contributed by atoms with Crippen molar-refractivity contribution in [3.05, 3.63) is 81.1 Å². The first-order valence-electron chi connectivity index (χ1n) is 11.2. The molecule has 0 spiro atoms. The summed E-state index contributed by atoms with van der Waals surface area (Å²) in [5.41, 5.74) is 2.04. The maximum absolute atomic E-state index is 13.4. The summed E-state index contributed by atoms with van der Waals surface area (Å²) in [7, 11) is 0. The minimum atomic E-state index is -0.171. The molecule has 2 fully saturated rings. The number of piperidine rings is 1. The molecular formula is C25H24N4O2S2. The van der Waals surface area contributed by atoms with Crippen molar-refractivity contribution in [2.45, 2.75) is 25.7 Å². The van der Waals surface area contributed by atoms with Crippen molar-refractivity contribution >= 4 is 51.7 Å². The molecular weight excluding hydrogens is 452 g/mol. The van der Waals surface area contributed by atoms with E-state index in [1.807, 2.05) is 48.5 Å². The highest BCUT2D eigenvalue weighted by molar-refractivity contribution is 8.26. The van der Waals surface area contributed by atoms with Gasteiger partial charge in [0, 0.05) is 25.8 Å². The molecule has 0 N–H and O–H groups in total. The van der Waals surface area contributed by atoms with E-state index in [2.05, 4.69) is 4.90 Å². The van der Waals surface area contributed by atoms with Crippen LogP contribution >= 0.6 is 24.0 Å². The minimum Gasteiger partial charge on any atom is -0.356 e. The topological polar surface area (TPSA) is 57.9 Å². The lowest BCUT2D eigenvalue weighted by atomic mass is 10.1. The van der Waals surface area contributed by atoms with Crippen LogP contribution in [-0.4, -0.2) is 44.1 Å². The molecule has 8 heteroatoms. The number of nitrogens with zero attached hydrogens (tertiary/aromatic N) is 4. The van der Waals surface area contributed by atoms with Crippen molar-refractivity contribution in [2.75, 3.05) is 24.5 Å². The fraction of sp³-hybridized carbons (Fsp3) is 0.280. The van der Waals surface area contributed by atoms with Crippen LogP contribution in [0.5, 0.6) is 0 Å². The summed E-state index contributed by atoms with van der Waals surface area (Å²) in [6, 6.07) is 15.6. The van der Waals surface area contributed by atoms with Crippen LogP contribution < -0.4 is 10.5 Å². The maximum Gasteiger partial charge on any atom is 0.267 e. The van der Waals surface area contributed by atoms with E-state index in [1.165, 1.54) is 22.6 Å². The van der Waals surface area contributed by atoms with Gasteiger partial charge in [-0.25, -0.2) is 4.98 Å². The summed E-state index contributed by atoms with van der Waals surface area (Å²) < 4.78 is 2.06. The van der Waals surface area contributed by atoms with Gasteiger partial charge in [-0.05, 0) is 49.5 Å². The molecule has 6 nitrogen and oxygen atoms in total. The van der Waals surface area contributed by atoms with Crippen molar-refractivity contribution in [1.29, 1.82) is 0 Å². The Morgan fingerprint density at radius 3 is 2.55 bits per heavy atom. The SMILES string of the molecule is O=C1/C(=C\c2c(N3CCCCC3)nc3ccccn3c2=O)SC(=S)N1CCc1ccccc1. The number of pyridine rings is 1. The summed E-state index contributed by atoms with van der Waals surface area (Å²) in [6.45, 7) is 2.22. The number of benzene rings is 1. The molecule has 4 heterocycles. The van der Waals surface area contributed by atoms with Crippen LogP contribution in [0.1, 0.15) is 30.4 Å². The zero-order chi connectivity index (χ0) is 22.8. The van der Waals surface area contributed by atoms with E-state index in [9.17, 15) is 9.59 Å². The van der Waals surface area contributed by atoms with Gasteiger partial charge in [0.2, 0.25) is 0 Å². The fourth-order valence-corrected chi connectivity index (χ4v) is 5.56. The molecule has 2 aliphatic rings. The van der Waals surface area contributed by atoms with Gasteiger partial charge in [-0.15, -0.1) is 0 Å². The lowest BCUT2D eigenvalue weighted by molar-refractivity contribution is -0.122. The average Bonchev–Trinajstić information content (AvgIpc) is 3.12. The van der Waals surface area contributed by atoms with E-state index in [4.69, 9.17) is 17.2 Å². The second-order valence-corrected chi connectivity index (χ2v) is 9.88. The van der Waals surface area contributed by atoms with Gasteiger partial charge in [0.05, 0.1) is 10.5 Å². The Labute approximate surface area is 201 Å². The number of carbonyl (C=O) groups excluding carboxylic acids is 1. The zero-order valence-electron chi connectivity index (χ0n) is 18.1. The summed E-state index contributed by atoms with van der Waals surface area (Å²) in [4.78, 5) is 35.7. The van der Waals surface area contributed by atoms with Gasteiger partial charge in [0.15, 0.2) is 0 Å². The van der Waals surface area contributed by atoms with E-state index < -0.39 is 0 Å². The summed E-state index contributed by atoms with van der Waals surface area (Å²) in [5.74, 6) is 0.503. The second kappa shape index (κ2) is 9.49. The van der Waals surface area contributed by atoms with Gasteiger partial charge in [-0.3, -0.25) is 18.9 Å². The van der Waals surface area contributed by atoms with Crippen LogP contribution in [0.15, 0.2) is 64.4 Å². The van der Waals surface area contributed by atoms with Gasteiger partial charge >= 0.3 is 0 Å². The first-order chi connectivity index (χ1) is 16.1. The van der Waals surface area contributed by atoms with E-state index >= 15 is 0 Å². The minimum absolute atomic E-state index is 0.150. The predicted octanol–water partition coefficient (Wildman–Crippen LogP) is 4.13. The first-order valence-corrected chi connectivity index (χ1v) is 12.4. The van der Waals surface area contributed by atoms with Crippen LogP contribution in [0, 0.1) is 0 Å². The molecule has 0 bridgehead atoms. The molecule has 0 aliphatic carbocycles. The predicted molar refractivity (Wildman–Crippen MR) is 138 cm³/mol. The number of anilines is 1. The highest BCUT2D eigenvalue weighted by Gasteiger charge is 2.32. The summed E-state index contributed by atoms with van der Waals surface area (Å²) >= 11 is 6.77. The maximum atomic E-state index is 13.4. The number of carbonyl (C=O) groups is 1. The number of aromatic nitrogens is 2. The monoisotopic (exact) mass is 476 g/mol. The van der Waals surface area contributed by atoms with Crippen LogP contribution in [0.25, 0.3) is 11.7 Å². The largest absolute Gasteiger partial charge is 0.356 e. The molecule has 168 valence electrons. The van der Waals surface area contributed by atoms with E-state index in [-0.39, 0.29) is 11.5 Å². The molecule has 3 aromatic rings. The van der Waals surface area contributed by atoms with Gasteiger partial charge in [0.1, 0.15) is 15.8 Å². The number of fused-ring (bicyclic) bond motifs is 1. The van der Waals surface area contributed by atoms with Gasteiger partial charge in [0.25, 0.3) is 11.5 Å². The van der Waals surface area contributed by atoms with Crippen LogP contribution in [-0.2, 0) is 11.2 Å². The van der Waals surface area contributed by atoms with Gasteiger partial charge in [-0.1, -0.05) is 60.4 Å². The number of hydrogen-bond donors (Lipinski definition) is 0. The number of thiocarbonyl (C=S) groups is 1. The number of amides is 1. The summed E-state index contributed by atoms with van der Waals surface area (Å²) in [5, 5.41) is 0. The van der Waals surface area contributed by atoms with E-state index in [1.54, 1.807) is 17.2 Å². The van der Waals surface area contributed by atoms with Crippen molar-refractivity contribution in [1.82, 2.24) is 14.3 Å². The number of hydrogen-bond acceptors (Lipinski definition) is 6. The zero-order valence-corrected chi connectivity index (χ0v) is 19.8. The first kappa shape index (κ1) is 21.9. The van der Waals surface area contributed by atoms with Gasteiger partial charge < -0.3 is 4.90 Å². The Hall–Kier alpha value is -2.97.